The third kappa shape index (κ3) is 2.69. The van der Waals surface area contributed by atoms with Crippen molar-refractivity contribution >= 4 is 16.5 Å². The van der Waals surface area contributed by atoms with Crippen LogP contribution in [0.15, 0.2) is 0 Å². The van der Waals surface area contributed by atoms with Gasteiger partial charge in [-0.2, -0.15) is 0 Å². The molecular formula is C10H19N3S. The molecule has 3 nitrogen and oxygen atoms in total. The van der Waals surface area contributed by atoms with Gasteiger partial charge in [-0.25, -0.2) is 4.98 Å². The molecule has 0 aliphatic rings. The molecule has 0 bridgehead atoms. The summed E-state index contributed by atoms with van der Waals surface area (Å²) < 4.78 is 0. The Balaban J connectivity index is 2.90. The molecule has 0 fully saturated rings. The third-order valence-electron chi connectivity index (χ3n) is 1.94. The molecule has 1 aromatic rings. The van der Waals surface area contributed by atoms with Crippen molar-refractivity contribution in [1.29, 1.82) is 0 Å². The third-order valence-corrected chi connectivity index (χ3v) is 3.22. The zero-order valence-corrected chi connectivity index (χ0v) is 10.2. The SMILES string of the molecule is CC(C)Cc1nc(N(C)C)sc1CN. The first kappa shape index (κ1) is 11.5. The van der Waals surface area contributed by atoms with Gasteiger partial charge >= 0.3 is 0 Å². The molecule has 0 saturated carbocycles. The van der Waals surface area contributed by atoms with Gasteiger partial charge in [0.15, 0.2) is 5.13 Å². The molecule has 1 aromatic heterocycles. The fourth-order valence-electron chi connectivity index (χ4n) is 1.27. The van der Waals surface area contributed by atoms with Crippen LogP contribution in [0, 0.1) is 5.92 Å². The van der Waals surface area contributed by atoms with Crippen LogP contribution in [0.4, 0.5) is 5.13 Å². The van der Waals surface area contributed by atoms with Crippen LogP contribution < -0.4 is 10.6 Å². The number of rotatable bonds is 4. The van der Waals surface area contributed by atoms with Crippen LogP contribution in [0.5, 0.6) is 0 Å². The van der Waals surface area contributed by atoms with Gasteiger partial charge < -0.3 is 10.6 Å². The highest BCUT2D eigenvalue weighted by molar-refractivity contribution is 7.15. The van der Waals surface area contributed by atoms with Crippen LogP contribution in [0.25, 0.3) is 0 Å². The molecule has 0 amide bonds. The molecule has 1 heterocycles. The van der Waals surface area contributed by atoms with E-state index in [1.54, 1.807) is 11.3 Å². The molecule has 80 valence electrons. The first-order chi connectivity index (χ1) is 6.54. The highest BCUT2D eigenvalue weighted by Crippen LogP contribution is 2.26. The van der Waals surface area contributed by atoms with E-state index in [9.17, 15) is 0 Å². The first-order valence-corrected chi connectivity index (χ1v) is 5.72. The average molecular weight is 213 g/mol. The number of anilines is 1. The Hall–Kier alpha value is -0.610. The van der Waals surface area contributed by atoms with Crippen molar-refractivity contribution in [2.24, 2.45) is 11.7 Å². The number of nitrogens with two attached hydrogens (primary N) is 1. The predicted octanol–water partition coefficient (Wildman–Crippen LogP) is 1.87. The smallest absolute Gasteiger partial charge is 0.185 e. The maximum Gasteiger partial charge on any atom is 0.185 e. The normalized spacial score (nSPS) is 11.0. The summed E-state index contributed by atoms with van der Waals surface area (Å²) in [5, 5.41) is 1.06. The molecule has 0 unspecified atom stereocenters. The number of thiazole rings is 1. The van der Waals surface area contributed by atoms with Gasteiger partial charge in [-0.15, -0.1) is 11.3 Å². The number of hydrogen-bond donors (Lipinski definition) is 1. The zero-order chi connectivity index (χ0) is 10.7. The minimum Gasteiger partial charge on any atom is -0.354 e. The zero-order valence-electron chi connectivity index (χ0n) is 9.37. The Bertz CT molecular complexity index is 292. The predicted molar refractivity (Wildman–Crippen MR) is 62.9 cm³/mol. The molecule has 0 saturated heterocycles. The fourth-order valence-corrected chi connectivity index (χ4v) is 2.16. The summed E-state index contributed by atoms with van der Waals surface area (Å²) in [6.07, 6.45) is 1.02. The van der Waals surface area contributed by atoms with E-state index >= 15 is 0 Å². The lowest BCUT2D eigenvalue weighted by atomic mass is 10.1. The summed E-state index contributed by atoms with van der Waals surface area (Å²) in [5.41, 5.74) is 6.87. The monoisotopic (exact) mass is 213 g/mol. The number of hydrogen-bond acceptors (Lipinski definition) is 4. The maximum absolute atomic E-state index is 5.69. The van der Waals surface area contributed by atoms with Crippen molar-refractivity contribution in [1.82, 2.24) is 4.98 Å². The molecule has 1 rings (SSSR count). The van der Waals surface area contributed by atoms with E-state index in [1.165, 1.54) is 10.6 Å². The average Bonchev–Trinajstić information content (AvgIpc) is 2.46. The second-order valence-corrected chi connectivity index (χ2v) is 5.12. The quantitative estimate of drug-likeness (QED) is 0.830. The van der Waals surface area contributed by atoms with E-state index in [0.29, 0.717) is 12.5 Å². The first-order valence-electron chi connectivity index (χ1n) is 4.90. The van der Waals surface area contributed by atoms with E-state index in [1.807, 2.05) is 19.0 Å². The van der Waals surface area contributed by atoms with Gasteiger partial charge in [0, 0.05) is 25.5 Å². The second kappa shape index (κ2) is 4.75. The molecule has 0 spiro atoms. The topological polar surface area (TPSA) is 42.2 Å². The van der Waals surface area contributed by atoms with Crippen molar-refractivity contribution < 1.29 is 0 Å². The second-order valence-electron chi connectivity index (χ2n) is 4.06. The van der Waals surface area contributed by atoms with E-state index < -0.39 is 0 Å². The van der Waals surface area contributed by atoms with Crippen molar-refractivity contribution in [3.63, 3.8) is 0 Å². The van der Waals surface area contributed by atoms with Crippen molar-refractivity contribution in [3.05, 3.63) is 10.6 Å². The highest BCUT2D eigenvalue weighted by atomic mass is 32.1. The van der Waals surface area contributed by atoms with Crippen LogP contribution in [0.3, 0.4) is 0 Å². The molecule has 4 heteroatoms. The lowest BCUT2D eigenvalue weighted by Crippen LogP contribution is -2.08. The molecule has 0 atom stereocenters. The number of nitrogens with zero attached hydrogens (tertiary/aromatic N) is 2. The van der Waals surface area contributed by atoms with Crippen molar-refractivity contribution in [2.75, 3.05) is 19.0 Å². The summed E-state index contributed by atoms with van der Waals surface area (Å²) in [6.45, 7) is 5.01. The summed E-state index contributed by atoms with van der Waals surface area (Å²) in [7, 11) is 4.02. The van der Waals surface area contributed by atoms with Crippen molar-refractivity contribution in [2.45, 2.75) is 26.8 Å². The van der Waals surface area contributed by atoms with Gasteiger partial charge in [-0.1, -0.05) is 13.8 Å². The molecule has 0 aliphatic heterocycles. The van der Waals surface area contributed by atoms with E-state index in [0.717, 1.165) is 11.6 Å². The van der Waals surface area contributed by atoms with E-state index in [-0.39, 0.29) is 0 Å². The van der Waals surface area contributed by atoms with Gasteiger partial charge in [-0.3, -0.25) is 0 Å². The van der Waals surface area contributed by atoms with Crippen LogP contribution in [0.2, 0.25) is 0 Å². The summed E-state index contributed by atoms with van der Waals surface area (Å²) in [5.74, 6) is 0.636. The van der Waals surface area contributed by atoms with Crippen LogP contribution >= 0.6 is 11.3 Å². The van der Waals surface area contributed by atoms with Gasteiger partial charge in [0.05, 0.1) is 5.69 Å². The van der Waals surface area contributed by atoms with Gasteiger partial charge in [0.1, 0.15) is 0 Å². The number of aromatic nitrogens is 1. The minimum atomic E-state index is 0.605. The summed E-state index contributed by atoms with van der Waals surface area (Å²) in [4.78, 5) is 7.84. The van der Waals surface area contributed by atoms with Crippen molar-refractivity contribution in [3.8, 4) is 0 Å². The van der Waals surface area contributed by atoms with Gasteiger partial charge in [-0.05, 0) is 12.3 Å². The molecule has 0 aromatic carbocycles. The van der Waals surface area contributed by atoms with E-state index in [2.05, 4.69) is 18.8 Å². The Labute approximate surface area is 89.9 Å². The molecular weight excluding hydrogens is 194 g/mol. The Kier molecular flexibility index (Phi) is 3.89. The van der Waals surface area contributed by atoms with Gasteiger partial charge in [0.2, 0.25) is 0 Å². The maximum atomic E-state index is 5.69. The van der Waals surface area contributed by atoms with Crippen LogP contribution in [-0.2, 0) is 13.0 Å². The largest absolute Gasteiger partial charge is 0.354 e. The molecule has 14 heavy (non-hydrogen) atoms. The van der Waals surface area contributed by atoms with Crippen LogP contribution in [-0.4, -0.2) is 19.1 Å². The molecule has 0 aliphatic carbocycles. The Morgan fingerprint density at radius 1 is 1.43 bits per heavy atom. The van der Waals surface area contributed by atoms with Gasteiger partial charge in [0.25, 0.3) is 0 Å². The fraction of sp³-hybridized carbons (Fsp3) is 0.700. The lowest BCUT2D eigenvalue weighted by Gasteiger charge is -2.05. The Morgan fingerprint density at radius 3 is 2.50 bits per heavy atom. The lowest BCUT2D eigenvalue weighted by molar-refractivity contribution is 0.633. The summed E-state index contributed by atoms with van der Waals surface area (Å²) >= 11 is 1.70. The standard InChI is InChI=1S/C10H19N3S/c1-7(2)5-8-9(6-11)14-10(12-8)13(3)4/h7H,5-6,11H2,1-4H3. The highest BCUT2D eigenvalue weighted by Gasteiger charge is 2.12. The van der Waals surface area contributed by atoms with E-state index in [4.69, 9.17) is 5.73 Å². The molecule has 0 radical (unpaired) electrons. The Morgan fingerprint density at radius 2 is 2.07 bits per heavy atom. The summed E-state index contributed by atoms with van der Waals surface area (Å²) in [6, 6.07) is 0. The molecule has 2 N–H and O–H groups in total. The minimum absolute atomic E-state index is 0.605. The van der Waals surface area contributed by atoms with Crippen LogP contribution in [0.1, 0.15) is 24.4 Å².